The summed E-state index contributed by atoms with van der Waals surface area (Å²) >= 11 is 0. The van der Waals surface area contributed by atoms with Crippen LogP contribution in [0.4, 0.5) is 0 Å². The Bertz CT molecular complexity index is 660. The third-order valence-electron chi connectivity index (χ3n) is 5.38. The van der Waals surface area contributed by atoms with Gasteiger partial charge in [0.2, 0.25) is 0 Å². The predicted molar refractivity (Wildman–Crippen MR) is 98.0 cm³/mol. The first-order chi connectivity index (χ1) is 11.2. The van der Waals surface area contributed by atoms with Gasteiger partial charge in [0.15, 0.2) is 0 Å². The molecule has 0 spiro atoms. The second kappa shape index (κ2) is 7.46. The molecule has 124 valence electrons. The average Bonchev–Trinajstić information content (AvgIpc) is 2.61. The summed E-state index contributed by atoms with van der Waals surface area (Å²) in [5, 5.41) is 13.4. The summed E-state index contributed by atoms with van der Waals surface area (Å²) < 4.78 is 0. The van der Waals surface area contributed by atoms with Crippen LogP contribution < -0.4 is 0 Å². The molecule has 0 aromatic heterocycles. The van der Waals surface area contributed by atoms with Gasteiger partial charge in [-0.1, -0.05) is 44.2 Å². The van der Waals surface area contributed by atoms with Gasteiger partial charge in [0, 0.05) is 6.54 Å². The number of aliphatic hydroxyl groups is 1. The summed E-state index contributed by atoms with van der Waals surface area (Å²) in [5.41, 5.74) is 4.12. The first kappa shape index (κ1) is 16.5. The highest BCUT2D eigenvalue weighted by Crippen LogP contribution is 2.35. The molecule has 2 aromatic rings. The molecule has 0 radical (unpaired) electrons. The van der Waals surface area contributed by atoms with Crippen LogP contribution in [0.15, 0.2) is 30.3 Å². The van der Waals surface area contributed by atoms with Gasteiger partial charge in [-0.05, 0) is 72.7 Å². The van der Waals surface area contributed by atoms with E-state index in [9.17, 15) is 5.11 Å². The van der Waals surface area contributed by atoms with Crippen LogP contribution in [-0.4, -0.2) is 29.6 Å². The van der Waals surface area contributed by atoms with Crippen molar-refractivity contribution in [3.05, 3.63) is 47.0 Å². The summed E-state index contributed by atoms with van der Waals surface area (Å²) in [6, 6.07) is 10.9. The first-order valence-electron chi connectivity index (χ1n) is 9.18. The topological polar surface area (TPSA) is 23.5 Å². The molecule has 0 fully saturated rings. The number of fused-ring (bicyclic) bond motifs is 3. The second-order valence-corrected chi connectivity index (χ2v) is 6.69. The molecule has 3 rings (SSSR count). The number of hydrogen-bond donors (Lipinski definition) is 1. The Morgan fingerprint density at radius 2 is 1.74 bits per heavy atom. The number of rotatable bonds is 6. The summed E-state index contributed by atoms with van der Waals surface area (Å²) in [4.78, 5) is 2.38. The van der Waals surface area contributed by atoms with Crippen molar-refractivity contribution in [1.82, 2.24) is 4.90 Å². The lowest BCUT2D eigenvalue weighted by Crippen LogP contribution is -2.25. The van der Waals surface area contributed by atoms with Crippen molar-refractivity contribution in [3.63, 3.8) is 0 Å². The van der Waals surface area contributed by atoms with Gasteiger partial charge in [0.1, 0.15) is 0 Å². The Morgan fingerprint density at radius 1 is 1.04 bits per heavy atom. The van der Waals surface area contributed by atoms with E-state index in [1.165, 1.54) is 41.2 Å². The molecule has 0 saturated carbocycles. The number of benzene rings is 2. The van der Waals surface area contributed by atoms with E-state index >= 15 is 0 Å². The SMILES string of the molecule is CCN(CC)CCC(O)c1cc2c(c3ccccc13)CCCC2. The lowest BCUT2D eigenvalue weighted by atomic mass is 9.84. The van der Waals surface area contributed by atoms with E-state index in [0.717, 1.165) is 38.0 Å². The fraction of sp³-hybridized carbons (Fsp3) is 0.524. The Kier molecular flexibility index (Phi) is 5.34. The average molecular weight is 311 g/mol. The quantitative estimate of drug-likeness (QED) is 0.850. The van der Waals surface area contributed by atoms with Crippen molar-refractivity contribution in [2.45, 2.75) is 52.1 Å². The molecular formula is C21H29NO. The second-order valence-electron chi connectivity index (χ2n) is 6.69. The summed E-state index contributed by atoms with van der Waals surface area (Å²) in [6.07, 6.45) is 5.36. The number of hydrogen-bond acceptors (Lipinski definition) is 2. The van der Waals surface area contributed by atoms with Gasteiger partial charge in [0.05, 0.1) is 6.10 Å². The standard InChI is InChI=1S/C21H29NO/c1-3-22(4-2)14-13-21(23)20-15-16-9-5-6-10-17(16)18-11-7-8-12-19(18)20/h7-8,11-12,15,21,23H,3-6,9-10,13-14H2,1-2H3. The lowest BCUT2D eigenvalue weighted by Gasteiger charge is -2.24. The zero-order valence-electron chi connectivity index (χ0n) is 14.5. The largest absolute Gasteiger partial charge is 0.388 e. The van der Waals surface area contributed by atoms with Crippen LogP contribution in [0.1, 0.15) is 55.9 Å². The van der Waals surface area contributed by atoms with Gasteiger partial charge in [0.25, 0.3) is 0 Å². The minimum absolute atomic E-state index is 0.368. The van der Waals surface area contributed by atoms with Crippen molar-refractivity contribution in [2.75, 3.05) is 19.6 Å². The Labute approximate surface area is 140 Å². The molecule has 0 bridgehead atoms. The van der Waals surface area contributed by atoms with Gasteiger partial charge in [-0.2, -0.15) is 0 Å². The molecule has 1 aliphatic carbocycles. The highest BCUT2D eigenvalue weighted by Gasteiger charge is 2.19. The monoisotopic (exact) mass is 311 g/mol. The van der Waals surface area contributed by atoms with E-state index in [-0.39, 0.29) is 6.10 Å². The normalized spacial score (nSPS) is 15.8. The van der Waals surface area contributed by atoms with Gasteiger partial charge in [-0.15, -0.1) is 0 Å². The molecular weight excluding hydrogens is 282 g/mol. The van der Waals surface area contributed by atoms with E-state index in [1.54, 1.807) is 0 Å². The zero-order chi connectivity index (χ0) is 16.2. The summed E-state index contributed by atoms with van der Waals surface area (Å²) in [7, 11) is 0. The van der Waals surface area contributed by atoms with Crippen LogP contribution in [0.2, 0.25) is 0 Å². The Morgan fingerprint density at radius 3 is 2.48 bits per heavy atom. The first-order valence-corrected chi connectivity index (χ1v) is 9.18. The molecule has 1 unspecified atom stereocenters. The Hall–Kier alpha value is -1.38. The van der Waals surface area contributed by atoms with Crippen LogP contribution >= 0.6 is 0 Å². The van der Waals surface area contributed by atoms with E-state index in [1.807, 2.05) is 0 Å². The van der Waals surface area contributed by atoms with Crippen molar-refractivity contribution in [1.29, 1.82) is 0 Å². The maximum Gasteiger partial charge on any atom is 0.0808 e. The fourth-order valence-electron chi connectivity index (χ4n) is 3.93. The molecule has 1 N–H and O–H groups in total. The van der Waals surface area contributed by atoms with Crippen LogP contribution in [0.25, 0.3) is 10.8 Å². The minimum Gasteiger partial charge on any atom is -0.388 e. The number of aliphatic hydroxyl groups excluding tert-OH is 1. The molecule has 23 heavy (non-hydrogen) atoms. The molecule has 2 nitrogen and oxygen atoms in total. The predicted octanol–water partition coefficient (Wildman–Crippen LogP) is 4.48. The van der Waals surface area contributed by atoms with Crippen molar-refractivity contribution >= 4 is 10.8 Å². The van der Waals surface area contributed by atoms with Crippen LogP contribution in [0, 0.1) is 0 Å². The molecule has 2 heteroatoms. The molecule has 1 atom stereocenters. The Balaban J connectivity index is 1.93. The third kappa shape index (κ3) is 3.44. The summed E-state index contributed by atoms with van der Waals surface area (Å²) in [5.74, 6) is 0. The maximum absolute atomic E-state index is 10.8. The molecule has 2 aromatic carbocycles. The van der Waals surface area contributed by atoms with E-state index < -0.39 is 0 Å². The van der Waals surface area contributed by atoms with Crippen molar-refractivity contribution in [2.24, 2.45) is 0 Å². The maximum atomic E-state index is 10.8. The highest BCUT2D eigenvalue weighted by atomic mass is 16.3. The highest BCUT2D eigenvalue weighted by molar-refractivity contribution is 5.90. The molecule has 0 saturated heterocycles. The third-order valence-corrected chi connectivity index (χ3v) is 5.38. The summed E-state index contributed by atoms with van der Waals surface area (Å²) in [6.45, 7) is 7.43. The molecule has 0 aliphatic heterocycles. The van der Waals surface area contributed by atoms with Gasteiger partial charge >= 0.3 is 0 Å². The van der Waals surface area contributed by atoms with Gasteiger partial charge < -0.3 is 10.0 Å². The fourth-order valence-corrected chi connectivity index (χ4v) is 3.93. The van der Waals surface area contributed by atoms with E-state index in [0.29, 0.717) is 0 Å². The van der Waals surface area contributed by atoms with Crippen LogP contribution in [0.5, 0.6) is 0 Å². The number of aryl methyl sites for hydroxylation is 2. The molecule has 1 aliphatic rings. The van der Waals surface area contributed by atoms with E-state index in [2.05, 4.69) is 49.1 Å². The van der Waals surface area contributed by atoms with Crippen LogP contribution in [0.3, 0.4) is 0 Å². The minimum atomic E-state index is -0.368. The van der Waals surface area contributed by atoms with Crippen molar-refractivity contribution < 1.29 is 5.11 Å². The lowest BCUT2D eigenvalue weighted by molar-refractivity contribution is 0.146. The molecule has 0 heterocycles. The van der Waals surface area contributed by atoms with Crippen molar-refractivity contribution in [3.8, 4) is 0 Å². The van der Waals surface area contributed by atoms with Gasteiger partial charge in [-0.3, -0.25) is 0 Å². The molecule has 0 amide bonds. The number of nitrogens with zero attached hydrogens (tertiary/aromatic N) is 1. The van der Waals surface area contributed by atoms with Crippen LogP contribution in [-0.2, 0) is 12.8 Å². The van der Waals surface area contributed by atoms with Gasteiger partial charge in [-0.25, -0.2) is 0 Å². The smallest absolute Gasteiger partial charge is 0.0808 e. The van der Waals surface area contributed by atoms with E-state index in [4.69, 9.17) is 0 Å². The zero-order valence-corrected chi connectivity index (χ0v) is 14.5.